The molecular weight excluding hydrogens is 465 g/mol. The molecule has 0 unspecified atom stereocenters. The van der Waals surface area contributed by atoms with E-state index < -0.39 is 23.6 Å². The fourth-order valence-electron chi connectivity index (χ4n) is 3.86. The molecule has 0 radical (unpaired) electrons. The van der Waals surface area contributed by atoms with E-state index >= 15 is 0 Å². The highest BCUT2D eigenvalue weighted by atomic mass is 19.4. The smallest absolute Gasteiger partial charge is 0.416 e. The van der Waals surface area contributed by atoms with E-state index in [1.165, 1.54) is 4.90 Å². The lowest BCUT2D eigenvalue weighted by Crippen LogP contribution is -2.48. The minimum atomic E-state index is -4.47. The number of alkyl halides is 3. The van der Waals surface area contributed by atoms with Gasteiger partial charge in [0.2, 0.25) is 5.91 Å². The number of piperidine rings is 1. The van der Waals surface area contributed by atoms with Gasteiger partial charge in [-0.25, -0.2) is 0 Å². The summed E-state index contributed by atoms with van der Waals surface area (Å²) in [5.41, 5.74) is 4.09. The number of rotatable bonds is 7. The first kappa shape index (κ1) is 26.3. The van der Waals surface area contributed by atoms with Crippen molar-refractivity contribution in [3.8, 4) is 0 Å². The maximum atomic E-state index is 12.7. The van der Waals surface area contributed by atoms with Crippen LogP contribution in [0.25, 0.3) is 0 Å². The van der Waals surface area contributed by atoms with Gasteiger partial charge in [-0.05, 0) is 62.3 Å². The monoisotopic (exact) mass is 494 g/mol. The molecule has 190 valence electrons. The Balaban J connectivity index is 1.45. The molecule has 2 aromatic rings. The Morgan fingerprint density at radius 1 is 1.00 bits per heavy atom. The number of hydrogen-bond acceptors (Lipinski definition) is 5. The fraction of sp³-hybridized carbons (Fsp3) is 0.458. The summed E-state index contributed by atoms with van der Waals surface area (Å²) in [5.74, 6) is -1.01. The molecule has 1 aliphatic rings. The number of nitrogens with one attached hydrogen (secondary N) is 2. The molecule has 1 aromatic heterocycles. The summed E-state index contributed by atoms with van der Waals surface area (Å²) in [6.07, 6.45) is -3.74. The maximum Gasteiger partial charge on any atom is 0.416 e. The van der Waals surface area contributed by atoms with Crippen molar-refractivity contribution in [3.63, 3.8) is 0 Å². The van der Waals surface area contributed by atoms with Crippen molar-refractivity contribution in [2.75, 3.05) is 26.2 Å². The van der Waals surface area contributed by atoms with E-state index in [2.05, 4.69) is 15.8 Å². The second-order valence-corrected chi connectivity index (χ2v) is 8.31. The van der Waals surface area contributed by atoms with Crippen LogP contribution in [0.2, 0.25) is 0 Å². The summed E-state index contributed by atoms with van der Waals surface area (Å²) in [4.78, 5) is 41.0. The fourth-order valence-corrected chi connectivity index (χ4v) is 3.86. The average molecular weight is 495 g/mol. The van der Waals surface area contributed by atoms with Gasteiger partial charge in [-0.3, -0.25) is 30.1 Å². The Morgan fingerprint density at radius 2 is 1.63 bits per heavy atom. The van der Waals surface area contributed by atoms with Crippen molar-refractivity contribution in [1.29, 1.82) is 0 Å². The predicted octanol–water partition coefficient (Wildman–Crippen LogP) is 3.45. The number of furan rings is 1. The van der Waals surface area contributed by atoms with Crippen molar-refractivity contribution < 1.29 is 32.0 Å². The van der Waals surface area contributed by atoms with Gasteiger partial charge >= 0.3 is 12.1 Å². The quantitative estimate of drug-likeness (QED) is 0.575. The minimum Gasteiger partial charge on any atom is -0.454 e. The van der Waals surface area contributed by atoms with Crippen LogP contribution in [0, 0.1) is 5.92 Å². The molecule has 0 aliphatic carbocycles. The largest absolute Gasteiger partial charge is 0.454 e. The number of halogens is 3. The van der Waals surface area contributed by atoms with Crippen molar-refractivity contribution in [1.82, 2.24) is 20.7 Å². The number of carbonyl (C=O) groups excluding carboxylic acids is 3. The first-order valence-electron chi connectivity index (χ1n) is 11.5. The van der Waals surface area contributed by atoms with E-state index in [1.807, 2.05) is 13.8 Å². The van der Waals surface area contributed by atoms with Gasteiger partial charge in [0.25, 0.3) is 5.91 Å². The zero-order valence-corrected chi connectivity index (χ0v) is 19.7. The Kier molecular flexibility index (Phi) is 8.55. The van der Waals surface area contributed by atoms with Gasteiger partial charge in [-0.1, -0.05) is 13.8 Å². The lowest BCUT2D eigenvalue weighted by Gasteiger charge is -2.31. The van der Waals surface area contributed by atoms with Crippen LogP contribution in [0.5, 0.6) is 0 Å². The summed E-state index contributed by atoms with van der Waals surface area (Å²) in [7, 11) is 0. The molecule has 3 amide bonds. The molecule has 35 heavy (non-hydrogen) atoms. The second kappa shape index (κ2) is 11.4. The highest BCUT2D eigenvalue weighted by Gasteiger charge is 2.31. The topological polar surface area (TPSA) is 94.9 Å². The Labute approximate surface area is 201 Å². The van der Waals surface area contributed by atoms with Gasteiger partial charge in [0.05, 0.1) is 12.1 Å². The zero-order chi connectivity index (χ0) is 25.6. The van der Waals surface area contributed by atoms with Crippen molar-refractivity contribution in [2.24, 2.45) is 5.92 Å². The van der Waals surface area contributed by atoms with E-state index in [0.717, 1.165) is 37.4 Å². The van der Waals surface area contributed by atoms with E-state index in [9.17, 15) is 27.6 Å². The van der Waals surface area contributed by atoms with Crippen LogP contribution in [-0.2, 0) is 17.5 Å². The molecule has 1 aliphatic heterocycles. The third-order valence-corrected chi connectivity index (χ3v) is 6.07. The second-order valence-electron chi connectivity index (χ2n) is 8.31. The van der Waals surface area contributed by atoms with Crippen molar-refractivity contribution in [3.05, 3.63) is 59.0 Å². The molecule has 2 heterocycles. The summed E-state index contributed by atoms with van der Waals surface area (Å²) in [6, 6.07) is 7.33. The third kappa shape index (κ3) is 6.84. The van der Waals surface area contributed by atoms with Gasteiger partial charge < -0.3 is 9.32 Å². The summed E-state index contributed by atoms with van der Waals surface area (Å²) >= 11 is 0. The number of benzene rings is 1. The Hall–Kier alpha value is -3.34. The first-order chi connectivity index (χ1) is 16.6. The number of amides is 3. The molecular formula is C24H29F3N4O4. The highest BCUT2D eigenvalue weighted by Crippen LogP contribution is 2.29. The predicted molar refractivity (Wildman–Crippen MR) is 121 cm³/mol. The van der Waals surface area contributed by atoms with Crippen LogP contribution in [0.1, 0.15) is 58.9 Å². The van der Waals surface area contributed by atoms with Gasteiger partial charge in [0, 0.05) is 24.6 Å². The molecule has 0 atom stereocenters. The van der Waals surface area contributed by atoms with Crippen LogP contribution in [0.4, 0.5) is 13.2 Å². The van der Waals surface area contributed by atoms with Crippen LogP contribution >= 0.6 is 0 Å². The SMILES string of the molecule is CCN(CC)Cc1ccc(C(=O)NNC(=O)C2CCN(C(=O)c3ccc(C(F)(F)F)cc3)CC2)o1. The van der Waals surface area contributed by atoms with Crippen molar-refractivity contribution >= 4 is 17.7 Å². The number of nitrogens with zero attached hydrogens (tertiary/aromatic N) is 2. The molecule has 8 nitrogen and oxygen atoms in total. The van der Waals surface area contributed by atoms with E-state index in [4.69, 9.17) is 4.42 Å². The maximum absolute atomic E-state index is 12.7. The molecule has 11 heteroatoms. The van der Waals surface area contributed by atoms with E-state index in [0.29, 0.717) is 25.1 Å². The minimum absolute atomic E-state index is 0.0874. The van der Waals surface area contributed by atoms with Crippen LogP contribution in [0.15, 0.2) is 40.8 Å². The van der Waals surface area contributed by atoms with Crippen LogP contribution in [0.3, 0.4) is 0 Å². The lowest BCUT2D eigenvalue weighted by atomic mass is 9.95. The molecule has 2 N–H and O–H groups in total. The van der Waals surface area contributed by atoms with Gasteiger partial charge in [-0.15, -0.1) is 0 Å². The Bertz CT molecular complexity index is 1020. The zero-order valence-electron chi connectivity index (χ0n) is 19.7. The molecule has 0 spiro atoms. The van der Waals surface area contributed by atoms with E-state index in [1.54, 1.807) is 12.1 Å². The van der Waals surface area contributed by atoms with Gasteiger partial charge in [-0.2, -0.15) is 13.2 Å². The molecule has 3 rings (SSSR count). The number of likely N-dealkylation sites (tertiary alicyclic amines) is 1. The normalized spacial score (nSPS) is 14.7. The third-order valence-electron chi connectivity index (χ3n) is 6.07. The molecule has 0 bridgehead atoms. The highest BCUT2D eigenvalue weighted by molar-refractivity contribution is 5.95. The summed E-state index contributed by atoms with van der Waals surface area (Å²) in [5, 5.41) is 0. The molecule has 1 saturated heterocycles. The number of hydrazine groups is 1. The summed E-state index contributed by atoms with van der Waals surface area (Å²) < 4.78 is 43.7. The first-order valence-corrected chi connectivity index (χ1v) is 11.5. The van der Waals surface area contributed by atoms with Gasteiger partial charge in [0.1, 0.15) is 5.76 Å². The van der Waals surface area contributed by atoms with Crippen LogP contribution in [-0.4, -0.2) is 53.7 Å². The lowest BCUT2D eigenvalue weighted by molar-refractivity contribution is -0.137. The molecule has 1 fully saturated rings. The summed E-state index contributed by atoms with van der Waals surface area (Å²) in [6.45, 7) is 6.90. The number of carbonyl (C=O) groups is 3. The van der Waals surface area contributed by atoms with E-state index in [-0.39, 0.29) is 36.2 Å². The average Bonchev–Trinajstić information content (AvgIpc) is 3.33. The van der Waals surface area contributed by atoms with Crippen molar-refractivity contribution in [2.45, 2.75) is 39.4 Å². The molecule has 1 aromatic carbocycles. The molecule has 0 saturated carbocycles. The standard InChI is InChI=1S/C24H29F3N4O4/c1-3-30(4-2)15-19-9-10-20(35-19)22(33)29-28-21(32)16-11-13-31(14-12-16)23(34)17-5-7-18(8-6-17)24(25,26)27/h5-10,16H,3-4,11-15H2,1-2H3,(H,28,32)(H,29,33). The number of hydrogen-bond donors (Lipinski definition) is 2. The van der Waals surface area contributed by atoms with Gasteiger partial charge in [0.15, 0.2) is 5.76 Å². The van der Waals surface area contributed by atoms with Crippen LogP contribution < -0.4 is 10.9 Å². The Morgan fingerprint density at radius 3 is 2.20 bits per heavy atom.